The second kappa shape index (κ2) is 9.15. The first-order chi connectivity index (χ1) is 13.0. The van der Waals surface area contributed by atoms with Crippen molar-refractivity contribution in [3.8, 4) is 0 Å². The Morgan fingerprint density at radius 1 is 1.15 bits per heavy atom. The Morgan fingerprint density at radius 3 is 2.67 bits per heavy atom. The highest BCUT2D eigenvalue weighted by molar-refractivity contribution is 5.83. The lowest BCUT2D eigenvalue weighted by Crippen LogP contribution is -2.57. The van der Waals surface area contributed by atoms with E-state index in [1.807, 2.05) is 18.2 Å². The van der Waals surface area contributed by atoms with Gasteiger partial charge < -0.3 is 24.2 Å². The molecule has 0 aromatic heterocycles. The lowest BCUT2D eigenvalue weighted by atomic mass is 10.0. The van der Waals surface area contributed by atoms with Crippen molar-refractivity contribution in [2.24, 2.45) is 0 Å². The Morgan fingerprint density at radius 2 is 1.89 bits per heavy atom. The summed E-state index contributed by atoms with van der Waals surface area (Å²) < 4.78 is 17.0. The maximum Gasteiger partial charge on any atom is 0.254 e. The second-order valence-electron chi connectivity index (χ2n) is 7.82. The number of piperidine rings is 1. The average molecular weight is 377 g/mol. The van der Waals surface area contributed by atoms with E-state index in [4.69, 9.17) is 14.2 Å². The van der Waals surface area contributed by atoms with Crippen LogP contribution in [0.5, 0.6) is 0 Å². The van der Waals surface area contributed by atoms with Crippen molar-refractivity contribution in [1.29, 1.82) is 0 Å². The molecular formula is C21H31NO5. The van der Waals surface area contributed by atoms with E-state index in [2.05, 4.69) is 12.1 Å². The van der Waals surface area contributed by atoms with Gasteiger partial charge in [0.05, 0.1) is 6.61 Å². The molecule has 0 radical (unpaired) electrons. The van der Waals surface area contributed by atoms with Gasteiger partial charge in [0.1, 0.15) is 12.2 Å². The number of rotatable bonds is 9. The van der Waals surface area contributed by atoms with Gasteiger partial charge in [-0.3, -0.25) is 4.79 Å². The molecule has 1 aromatic carbocycles. The van der Waals surface area contributed by atoms with Crippen LogP contribution in [-0.2, 0) is 25.6 Å². The van der Waals surface area contributed by atoms with Crippen LogP contribution in [0, 0.1) is 0 Å². The molecule has 150 valence electrons. The van der Waals surface area contributed by atoms with Crippen molar-refractivity contribution in [1.82, 2.24) is 4.90 Å². The summed E-state index contributed by atoms with van der Waals surface area (Å²) in [7, 11) is 0. The van der Waals surface area contributed by atoms with Gasteiger partial charge in [-0.2, -0.15) is 0 Å². The van der Waals surface area contributed by atoms with Gasteiger partial charge in [0, 0.05) is 19.7 Å². The van der Waals surface area contributed by atoms with Crippen LogP contribution in [0.1, 0.15) is 45.1 Å². The first-order valence-corrected chi connectivity index (χ1v) is 9.90. The van der Waals surface area contributed by atoms with Crippen LogP contribution in [0.2, 0.25) is 0 Å². The highest BCUT2D eigenvalue weighted by Crippen LogP contribution is 2.34. The SMILES string of the molecule is CC1(C)O[C@@H]2[C@H](O)CN(CCCCCCOCc3ccccc3)C(=O)[C@@H]2O1. The number of aliphatic hydroxyl groups excluding tert-OH is 1. The molecule has 1 amide bonds. The number of hydrogen-bond acceptors (Lipinski definition) is 5. The first-order valence-electron chi connectivity index (χ1n) is 9.90. The fourth-order valence-corrected chi connectivity index (χ4v) is 3.69. The second-order valence-corrected chi connectivity index (χ2v) is 7.82. The quantitative estimate of drug-likeness (QED) is 0.670. The summed E-state index contributed by atoms with van der Waals surface area (Å²) in [5.74, 6) is -0.885. The standard InChI is InChI=1S/C21H31NO5/c1-21(2)26-18-17(23)14-22(20(24)19(18)27-21)12-8-3-4-9-13-25-15-16-10-6-5-7-11-16/h5-7,10-11,17-19,23H,3-4,8-9,12-15H2,1-2H3/t17-,18-,19-/m1/s1. The molecule has 2 saturated heterocycles. The lowest BCUT2D eigenvalue weighted by molar-refractivity contribution is -0.159. The summed E-state index contributed by atoms with van der Waals surface area (Å²) in [6.45, 7) is 5.92. The van der Waals surface area contributed by atoms with Crippen LogP contribution in [-0.4, -0.2) is 59.7 Å². The molecule has 0 bridgehead atoms. The molecule has 1 N–H and O–H groups in total. The van der Waals surface area contributed by atoms with Crippen molar-refractivity contribution in [3.05, 3.63) is 35.9 Å². The summed E-state index contributed by atoms with van der Waals surface area (Å²) in [6, 6.07) is 10.2. The van der Waals surface area contributed by atoms with Crippen LogP contribution >= 0.6 is 0 Å². The monoisotopic (exact) mass is 377 g/mol. The number of fused-ring (bicyclic) bond motifs is 1. The Hall–Kier alpha value is -1.47. The maximum atomic E-state index is 12.6. The van der Waals surface area contributed by atoms with Crippen LogP contribution in [0.25, 0.3) is 0 Å². The Bertz CT molecular complexity index is 606. The third-order valence-electron chi connectivity index (χ3n) is 5.05. The van der Waals surface area contributed by atoms with E-state index in [-0.39, 0.29) is 5.91 Å². The number of amides is 1. The third kappa shape index (κ3) is 5.51. The molecule has 0 spiro atoms. The number of ether oxygens (including phenoxy) is 3. The number of benzene rings is 1. The van der Waals surface area contributed by atoms with Gasteiger partial charge >= 0.3 is 0 Å². The molecule has 1 aromatic rings. The summed E-state index contributed by atoms with van der Waals surface area (Å²) in [5, 5.41) is 10.3. The van der Waals surface area contributed by atoms with E-state index in [9.17, 15) is 9.90 Å². The number of nitrogens with zero attached hydrogens (tertiary/aromatic N) is 1. The van der Waals surface area contributed by atoms with E-state index in [0.717, 1.165) is 32.3 Å². The zero-order valence-electron chi connectivity index (χ0n) is 16.3. The minimum absolute atomic E-state index is 0.0675. The molecule has 6 heteroatoms. The number of carbonyl (C=O) groups is 1. The lowest BCUT2D eigenvalue weighted by Gasteiger charge is -2.35. The largest absolute Gasteiger partial charge is 0.388 e. The molecule has 0 unspecified atom stereocenters. The van der Waals surface area contributed by atoms with Crippen LogP contribution in [0.4, 0.5) is 0 Å². The number of β-amino-alcohol motifs (C(OH)–C–C–N with tert-alkyl or cyclic N) is 1. The van der Waals surface area contributed by atoms with E-state index >= 15 is 0 Å². The fraction of sp³-hybridized carbons (Fsp3) is 0.667. The minimum atomic E-state index is -0.818. The number of hydrogen-bond donors (Lipinski definition) is 1. The molecule has 0 aliphatic carbocycles. The number of unbranched alkanes of at least 4 members (excludes halogenated alkanes) is 3. The van der Waals surface area contributed by atoms with Gasteiger partial charge in [-0.05, 0) is 32.3 Å². The molecule has 2 fully saturated rings. The summed E-state index contributed by atoms with van der Waals surface area (Å²) in [4.78, 5) is 14.3. The predicted molar refractivity (Wildman–Crippen MR) is 101 cm³/mol. The highest BCUT2D eigenvalue weighted by Gasteiger charge is 2.52. The molecular weight excluding hydrogens is 346 g/mol. The molecule has 0 saturated carbocycles. The number of aliphatic hydroxyl groups is 1. The van der Waals surface area contributed by atoms with Crippen molar-refractivity contribution in [3.63, 3.8) is 0 Å². The molecule has 3 rings (SSSR count). The first kappa shape index (κ1) is 20.3. The molecule has 2 heterocycles. The van der Waals surface area contributed by atoms with Crippen LogP contribution in [0.3, 0.4) is 0 Å². The molecule has 27 heavy (non-hydrogen) atoms. The maximum absolute atomic E-state index is 12.6. The topological polar surface area (TPSA) is 68.2 Å². The van der Waals surface area contributed by atoms with Crippen molar-refractivity contribution >= 4 is 5.91 Å². The number of carbonyl (C=O) groups excluding carboxylic acids is 1. The predicted octanol–water partition coefficient (Wildman–Crippen LogP) is 2.49. The Labute approximate surface area is 161 Å². The van der Waals surface area contributed by atoms with E-state index < -0.39 is 24.1 Å². The van der Waals surface area contributed by atoms with E-state index in [1.54, 1.807) is 18.7 Å². The molecule has 2 aliphatic heterocycles. The molecule has 6 nitrogen and oxygen atoms in total. The highest BCUT2D eigenvalue weighted by atomic mass is 16.8. The smallest absolute Gasteiger partial charge is 0.254 e. The van der Waals surface area contributed by atoms with Crippen molar-refractivity contribution in [2.75, 3.05) is 19.7 Å². The summed E-state index contributed by atoms with van der Waals surface area (Å²) in [6.07, 6.45) is 2.10. The Balaban J connectivity index is 1.29. The summed E-state index contributed by atoms with van der Waals surface area (Å²) >= 11 is 0. The Kier molecular flexibility index (Phi) is 6.87. The fourth-order valence-electron chi connectivity index (χ4n) is 3.69. The van der Waals surface area contributed by atoms with Crippen LogP contribution in [0.15, 0.2) is 30.3 Å². The zero-order chi connectivity index (χ0) is 19.3. The van der Waals surface area contributed by atoms with Gasteiger partial charge in [-0.25, -0.2) is 0 Å². The normalized spacial score (nSPS) is 27.0. The third-order valence-corrected chi connectivity index (χ3v) is 5.05. The van der Waals surface area contributed by atoms with Gasteiger partial charge in [0.2, 0.25) is 0 Å². The van der Waals surface area contributed by atoms with Crippen molar-refractivity contribution < 1.29 is 24.1 Å². The van der Waals surface area contributed by atoms with Gasteiger partial charge in [-0.15, -0.1) is 0 Å². The minimum Gasteiger partial charge on any atom is -0.388 e. The van der Waals surface area contributed by atoms with E-state index in [0.29, 0.717) is 19.7 Å². The number of likely N-dealkylation sites (tertiary alicyclic amines) is 1. The molecule has 3 atom stereocenters. The van der Waals surface area contributed by atoms with Gasteiger partial charge in [0.25, 0.3) is 5.91 Å². The zero-order valence-corrected chi connectivity index (χ0v) is 16.3. The van der Waals surface area contributed by atoms with Gasteiger partial charge in [0.15, 0.2) is 11.9 Å². The summed E-state index contributed by atoms with van der Waals surface area (Å²) in [5.41, 5.74) is 1.19. The van der Waals surface area contributed by atoms with Crippen molar-refractivity contribution in [2.45, 2.75) is 70.2 Å². The van der Waals surface area contributed by atoms with E-state index in [1.165, 1.54) is 5.56 Å². The van der Waals surface area contributed by atoms with Crippen LogP contribution < -0.4 is 0 Å². The molecule has 2 aliphatic rings. The average Bonchev–Trinajstić information content (AvgIpc) is 2.98. The van der Waals surface area contributed by atoms with Gasteiger partial charge in [-0.1, -0.05) is 43.2 Å².